The van der Waals surface area contributed by atoms with Crippen molar-refractivity contribution < 1.29 is 0 Å². The predicted octanol–water partition coefficient (Wildman–Crippen LogP) is 4.66. The second kappa shape index (κ2) is 5.47. The minimum atomic E-state index is 0.489. The van der Waals surface area contributed by atoms with Gasteiger partial charge in [0.05, 0.1) is 0 Å². The lowest BCUT2D eigenvalue weighted by molar-refractivity contribution is 0.104. The van der Waals surface area contributed by atoms with Gasteiger partial charge in [-0.3, -0.25) is 0 Å². The molecule has 13 heavy (non-hydrogen) atoms. The molecule has 0 aromatic heterocycles. The first kappa shape index (κ1) is 12.7. The van der Waals surface area contributed by atoms with Crippen molar-refractivity contribution in [1.29, 1.82) is 0 Å². The van der Waals surface area contributed by atoms with E-state index in [4.69, 9.17) is 0 Å². The highest BCUT2D eigenvalue weighted by Gasteiger charge is 2.33. The molecule has 2 unspecified atom stereocenters. The van der Waals surface area contributed by atoms with Crippen LogP contribution < -0.4 is 0 Å². The van der Waals surface area contributed by atoms with Gasteiger partial charge in [0.1, 0.15) is 0 Å². The van der Waals surface area contributed by atoms with Gasteiger partial charge in [-0.15, -0.1) is 6.58 Å². The van der Waals surface area contributed by atoms with Gasteiger partial charge >= 0.3 is 0 Å². The fourth-order valence-electron chi connectivity index (χ4n) is 2.27. The molecule has 0 heteroatoms. The maximum Gasteiger partial charge on any atom is -0.0274 e. The van der Waals surface area contributed by atoms with Crippen molar-refractivity contribution in [3.63, 3.8) is 0 Å². The topological polar surface area (TPSA) is 0 Å². The van der Waals surface area contributed by atoms with E-state index in [1.807, 2.05) is 0 Å². The average Bonchev–Trinajstić information content (AvgIpc) is 2.12. The van der Waals surface area contributed by atoms with E-state index in [-0.39, 0.29) is 0 Å². The minimum absolute atomic E-state index is 0.489. The summed E-state index contributed by atoms with van der Waals surface area (Å²) in [5, 5.41) is 0. The molecule has 2 atom stereocenters. The second-order valence-corrected chi connectivity index (χ2v) is 4.64. The molecule has 0 N–H and O–H groups in total. The number of rotatable bonds is 6. The van der Waals surface area contributed by atoms with Crippen LogP contribution in [0.25, 0.3) is 0 Å². The molecule has 0 aromatic rings. The van der Waals surface area contributed by atoms with E-state index < -0.39 is 0 Å². The van der Waals surface area contributed by atoms with Crippen LogP contribution in [0.5, 0.6) is 0 Å². The van der Waals surface area contributed by atoms with Crippen LogP contribution >= 0.6 is 0 Å². The van der Waals surface area contributed by atoms with Crippen molar-refractivity contribution in [1.82, 2.24) is 0 Å². The van der Waals surface area contributed by atoms with E-state index in [1.54, 1.807) is 0 Å². The first-order valence-corrected chi connectivity index (χ1v) is 5.63. The zero-order valence-corrected chi connectivity index (χ0v) is 10.1. The Balaban J connectivity index is 4.57. The molecule has 0 aromatic carbocycles. The lowest BCUT2D eigenvalue weighted by Crippen LogP contribution is -2.31. The number of hydrogen-bond acceptors (Lipinski definition) is 0. The molecule has 0 aliphatic heterocycles. The molecule has 0 nitrogen and oxygen atoms in total. The van der Waals surface area contributed by atoms with E-state index >= 15 is 0 Å². The van der Waals surface area contributed by atoms with Gasteiger partial charge in [-0.25, -0.2) is 0 Å². The summed E-state index contributed by atoms with van der Waals surface area (Å²) in [5.74, 6) is 1.57. The summed E-state index contributed by atoms with van der Waals surface area (Å²) in [4.78, 5) is 0. The summed E-state index contributed by atoms with van der Waals surface area (Å²) in [7, 11) is 0. The van der Waals surface area contributed by atoms with E-state index in [9.17, 15) is 0 Å². The third-order valence-electron chi connectivity index (χ3n) is 3.96. The Labute approximate surface area is 84.4 Å². The standard InChI is InChI=1S/C13H26/c1-7-10-12(8-2)13(6,9-3)11(4)5/h7,11-12H,1,8-10H2,2-6H3. The molecule has 0 aliphatic rings. The lowest BCUT2D eigenvalue weighted by atomic mass is 9.65. The zero-order chi connectivity index (χ0) is 10.5. The van der Waals surface area contributed by atoms with E-state index in [0.29, 0.717) is 5.41 Å². The van der Waals surface area contributed by atoms with Crippen molar-refractivity contribution in [2.75, 3.05) is 0 Å². The van der Waals surface area contributed by atoms with Gasteiger partial charge in [0.25, 0.3) is 0 Å². The quantitative estimate of drug-likeness (QED) is 0.524. The Kier molecular flexibility index (Phi) is 5.36. The summed E-state index contributed by atoms with van der Waals surface area (Å²) in [6.45, 7) is 15.6. The second-order valence-electron chi connectivity index (χ2n) is 4.64. The molecular formula is C13H26. The van der Waals surface area contributed by atoms with E-state index in [1.165, 1.54) is 19.3 Å². The highest BCUT2D eigenvalue weighted by Crippen LogP contribution is 2.42. The lowest BCUT2D eigenvalue weighted by Gasteiger charge is -2.40. The van der Waals surface area contributed by atoms with Crippen molar-refractivity contribution in [2.45, 2.75) is 53.9 Å². The third kappa shape index (κ3) is 2.86. The Bertz CT molecular complexity index is 146. The molecule has 0 rings (SSSR count). The van der Waals surface area contributed by atoms with Gasteiger partial charge in [-0.1, -0.05) is 53.5 Å². The van der Waals surface area contributed by atoms with Crippen LogP contribution in [-0.2, 0) is 0 Å². The van der Waals surface area contributed by atoms with Gasteiger partial charge in [0.15, 0.2) is 0 Å². The fourth-order valence-corrected chi connectivity index (χ4v) is 2.27. The van der Waals surface area contributed by atoms with Crippen LogP contribution in [0.15, 0.2) is 12.7 Å². The SMILES string of the molecule is C=CCC(CC)C(C)(CC)C(C)C. The predicted molar refractivity (Wildman–Crippen MR) is 61.8 cm³/mol. The molecular weight excluding hydrogens is 156 g/mol. The van der Waals surface area contributed by atoms with Crippen molar-refractivity contribution in [2.24, 2.45) is 17.3 Å². The third-order valence-corrected chi connectivity index (χ3v) is 3.96. The number of allylic oxidation sites excluding steroid dienone is 1. The number of hydrogen-bond donors (Lipinski definition) is 0. The molecule has 0 radical (unpaired) electrons. The molecule has 0 fully saturated rings. The minimum Gasteiger partial charge on any atom is -0.103 e. The summed E-state index contributed by atoms with van der Waals surface area (Å²) in [6.07, 6.45) is 5.79. The smallest absolute Gasteiger partial charge is 0.0274 e. The van der Waals surface area contributed by atoms with Gasteiger partial charge < -0.3 is 0 Å². The monoisotopic (exact) mass is 182 g/mol. The van der Waals surface area contributed by atoms with Gasteiger partial charge in [-0.2, -0.15) is 0 Å². The van der Waals surface area contributed by atoms with Crippen LogP contribution in [0.3, 0.4) is 0 Å². The molecule has 0 amide bonds. The van der Waals surface area contributed by atoms with Crippen LogP contribution in [0.1, 0.15) is 53.9 Å². The maximum absolute atomic E-state index is 3.86. The fraction of sp³-hybridized carbons (Fsp3) is 0.846. The van der Waals surface area contributed by atoms with Crippen molar-refractivity contribution >= 4 is 0 Å². The molecule has 0 spiro atoms. The highest BCUT2D eigenvalue weighted by atomic mass is 14.4. The molecule has 0 heterocycles. The van der Waals surface area contributed by atoms with E-state index in [2.05, 4.69) is 47.3 Å². The van der Waals surface area contributed by atoms with Gasteiger partial charge in [0.2, 0.25) is 0 Å². The molecule has 0 saturated carbocycles. The molecule has 0 aliphatic carbocycles. The summed E-state index contributed by atoms with van der Waals surface area (Å²) < 4.78 is 0. The van der Waals surface area contributed by atoms with Crippen LogP contribution in [0.4, 0.5) is 0 Å². The molecule has 0 saturated heterocycles. The van der Waals surface area contributed by atoms with Crippen LogP contribution in [-0.4, -0.2) is 0 Å². The average molecular weight is 182 g/mol. The first-order chi connectivity index (χ1) is 6.02. The van der Waals surface area contributed by atoms with Gasteiger partial charge in [-0.05, 0) is 23.7 Å². The van der Waals surface area contributed by atoms with Crippen molar-refractivity contribution in [3.8, 4) is 0 Å². The molecule has 78 valence electrons. The van der Waals surface area contributed by atoms with Crippen LogP contribution in [0.2, 0.25) is 0 Å². The Morgan fingerprint density at radius 2 is 1.85 bits per heavy atom. The van der Waals surface area contributed by atoms with Gasteiger partial charge in [0, 0.05) is 0 Å². The maximum atomic E-state index is 3.86. The highest BCUT2D eigenvalue weighted by molar-refractivity contribution is 4.87. The van der Waals surface area contributed by atoms with Crippen molar-refractivity contribution in [3.05, 3.63) is 12.7 Å². The Morgan fingerprint density at radius 1 is 1.31 bits per heavy atom. The largest absolute Gasteiger partial charge is 0.103 e. The summed E-state index contributed by atoms with van der Waals surface area (Å²) >= 11 is 0. The zero-order valence-electron chi connectivity index (χ0n) is 10.1. The van der Waals surface area contributed by atoms with Crippen LogP contribution in [0, 0.1) is 17.3 Å². The Morgan fingerprint density at radius 3 is 2.08 bits per heavy atom. The van der Waals surface area contributed by atoms with E-state index in [0.717, 1.165) is 11.8 Å². The summed E-state index contributed by atoms with van der Waals surface area (Å²) in [5.41, 5.74) is 0.489. The summed E-state index contributed by atoms with van der Waals surface area (Å²) in [6, 6.07) is 0. The Hall–Kier alpha value is -0.260. The normalized spacial score (nSPS) is 18.3. The molecule has 0 bridgehead atoms. The first-order valence-electron chi connectivity index (χ1n) is 5.63.